The van der Waals surface area contributed by atoms with Crippen molar-refractivity contribution in [2.45, 2.75) is 20.8 Å². The van der Waals surface area contributed by atoms with Crippen molar-refractivity contribution in [1.82, 2.24) is 15.2 Å². The van der Waals surface area contributed by atoms with E-state index < -0.39 is 0 Å². The maximum Gasteiger partial charge on any atom is 0.248 e. The number of benzene rings is 1. The van der Waals surface area contributed by atoms with Crippen LogP contribution < -0.4 is 11.1 Å². The fourth-order valence-corrected chi connectivity index (χ4v) is 1.57. The highest BCUT2D eigenvalue weighted by Gasteiger charge is 2.04. The van der Waals surface area contributed by atoms with Crippen LogP contribution in [0.1, 0.15) is 16.7 Å². The molecule has 0 fully saturated rings. The molecule has 1 aromatic carbocycles. The number of anilines is 3. The van der Waals surface area contributed by atoms with Crippen LogP contribution in [0.25, 0.3) is 0 Å². The van der Waals surface area contributed by atoms with Crippen molar-refractivity contribution in [1.29, 1.82) is 0 Å². The molecule has 5 heteroatoms. The summed E-state index contributed by atoms with van der Waals surface area (Å²) >= 11 is 0. The van der Waals surface area contributed by atoms with Gasteiger partial charge in [-0.2, -0.15) is 4.98 Å². The van der Waals surface area contributed by atoms with Gasteiger partial charge in [-0.25, -0.2) is 5.10 Å². The van der Waals surface area contributed by atoms with Crippen molar-refractivity contribution in [2.75, 3.05) is 11.1 Å². The molecular formula is C11H15N5. The fourth-order valence-electron chi connectivity index (χ4n) is 1.57. The summed E-state index contributed by atoms with van der Waals surface area (Å²) in [6.45, 7) is 6.28. The highest BCUT2D eigenvalue weighted by atomic mass is 15.3. The molecule has 16 heavy (non-hydrogen) atoms. The van der Waals surface area contributed by atoms with E-state index in [2.05, 4.69) is 53.4 Å². The Labute approximate surface area is 94.1 Å². The number of nitrogens with one attached hydrogen (secondary N) is 2. The average Bonchev–Trinajstić information content (AvgIpc) is 2.60. The van der Waals surface area contributed by atoms with Crippen molar-refractivity contribution >= 4 is 17.6 Å². The summed E-state index contributed by atoms with van der Waals surface area (Å²) in [5.41, 5.74) is 10.2. The Balaban J connectivity index is 2.28. The molecule has 0 unspecified atom stereocenters. The molecule has 1 heterocycles. The molecule has 0 saturated heterocycles. The molecule has 0 aliphatic rings. The van der Waals surface area contributed by atoms with Gasteiger partial charge in [-0.1, -0.05) is 0 Å². The topological polar surface area (TPSA) is 79.6 Å². The maximum atomic E-state index is 5.45. The monoisotopic (exact) mass is 217 g/mol. The average molecular weight is 217 g/mol. The van der Waals surface area contributed by atoms with E-state index in [1.807, 2.05) is 0 Å². The second kappa shape index (κ2) is 3.84. The van der Waals surface area contributed by atoms with E-state index in [9.17, 15) is 0 Å². The van der Waals surface area contributed by atoms with Gasteiger partial charge in [-0.05, 0) is 49.6 Å². The number of aryl methyl sites for hydroxylation is 2. The molecule has 84 valence electrons. The number of nitrogens with zero attached hydrogens (tertiary/aromatic N) is 2. The molecule has 5 nitrogen and oxygen atoms in total. The minimum Gasteiger partial charge on any atom is -0.368 e. The van der Waals surface area contributed by atoms with Gasteiger partial charge in [0, 0.05) is 5.69 Å². The van der Waals surface area contributed by atoms with Gasteiger partial charge in [0.15, 0.2) is 0 Å². The lowest BCUT2D eigenvalue weighted by Crippen LogP contribution is -1.96. The smallest absolute Gasteiger partial charge is 0.248 e. The van der Waals surface area contributed by atoms with E-state index in [0.29, 0.717) is 11.9 Å². The van der Waals surface area contributed by atoms with Gasteiger partial charge in [0.1, 0.15) is 0 Å². The standard InChI is InChI=1S/C11H15N5/c1-6-4-9(5-7(2)8(6)3)13-11-14-10(12)15-16-11/h4-5H,1-3H3,(H4,12,13,14,15,16). The molecule has 0 radical (unpaired) electrons. The lowest BCUT2D eigenvalue weighted by Gasteiger charge is -2.08. The largest absolute Gasteiger partial charge is 0.368 e. The lowest BCUT2D eigenvalue weighted by molar-refractivity contribution is 1.10. The molecule has 0 aliphatic carbocycles. The minimum absolute atomic E-state index is 0.308. The molecule has 0 atom stereocenters. The third kappa shape index (κ3) is 1.98. The zero-order valence-electron chi connectivity index (χ0n) is 9.63. The predicted molar refractivity (Wildman–Crippen MR) is 64.7 cm³/mol. The molecule has 0 bridgehead atoms. The van der Waals surface area contributed by atoms with Gasteiger partial charge >= 0.3 is 0 Å². The molecule has 4 N–H and O–H groups in total. The Kier molecular flexibility index (Phi) is 2.52. The highest BCUT2D eigenvalue weighted by Crippen LogP contribution is 2.21. The van der Waals surface area contributed by atoms with E-state index >= 15 is 0 Å². The highest BCUT2D eigenvalue weighted by molar-refractivity contribution is 5.58. The van der Waals surface area contributed by atoms with E-state index in [0.717, 1.165) is 5.69 Å². The maximum absolute atomic E-state index is 5.45. The quantitative estimate of drug-likeness (QED) is 0.719. The summed E-state index contributed by atoms with van der Waals surface area (Å²) in [5, 5.41) is 9.60. The number of nitrogen functional groups attached to an aromatic ring is 1. The number of nitrogens with two attached hydrogens (primary N) is 1. The number of hydrogen-bond donors (Lipinski definition) is 3. The van der Waals surface area contributed by atoms with Crippen LogP contribution in [0.3, 0.4) is 0 Å². The van der Waals surface area contributed by atoms with Gasteiger partial charge in [-0.15, -0.1) is 5.10 Å². The van der Waals surface area contributed by atoms with Crippen molar-refractivity contribution in [3.05, 3.63) is 28.8 Å². The molecule has 1 aromatic heterocycles. The van der Waals surface area contributed by atoms with E-state index in [1.165, 1.54) is 16.7 Å². The van der Waals surface area contributed by atoms with Crippen LogP contribution in [0.2, 0.25) is 0 Å². The Bertz CT molecular complexity index is 492. The van der Waals surface area contributed by atoms with Crippen LogP contribution in [0.5, 0.6) is 0 Å². The predicted octanol–water partition coefficient (Wildman–Crippen LogP) is 2.06. The Morgan fingerprint density at radius 3 is 2.31 bits per heavy atom. The van der Waals surface area contributed by atoms with Crippen LogP contribution in [-0.2, 0) is 0 Å². The second-order valence-corrected chi connectivity index (χ2v) is 3.90. The Morgan fingerprint density at radius 1 is 1.19 bits per heavy atom. The number of H-pyrrole nitrogens is 1. The van der Waals surface area contributed by atoms with Gasteiger partial charge in [0.25, 0.3) is 0 Å². The number of aromatic nitrogens is 3. The summed E-state index contributed by atoms with van der Waals surface area (Å²) in [6, 6.07) is 4.13. The van der Waals surface area contributed by atoms with E-state index in [-0.39, 0.29) is 0 Å². The molecule has 0 saturated carbocycles. The summed E-state index contributed by atoms with van der Waals surface area (Å²) in [5.74, 6) is 0.795. The molecule has 0 amide bonds. The zero-order valence-corrected chi connectivity index (χ0v) is 9.63. The first-order valence-electron chi connectivity index (χ1n) is 5.09. The van der Waals surface area contributed by atoms with Crippen molar-refractivity contribution in [3.8, 4) is 0 Å². The fraction of sp³-hybridized carbons (Fsp3) is 0.273. The minimum atomic E-state index is 0.308. The summed E-state index contributed by atoms with van der Waals surface area (Å²) in [4.78, 5) is 3.99. The molecule has 0 aliphatic heterocycles. The van der Waals surface area contributed by atoms with Crippen molar-refractivity contribution in [2.24, 2.45) is 0 Å². The van der Waals surface area contributed by atoms with Gasteiger partial charge < -0.3 is 11.1 Å². The van der Waals surface area contributed by atoms with Crippen molar-refractivity contribution < 1.29 is 0 Å². The molecule has 2 rings (SSSR count). The zero-order chi connectivity index (χ0) is 11.7. The molecular weight excluding hydrogens is 202 g/mol. The van der Waals surface area contributed by atoms with E-state index in [4.69, 9.17) is 5.73 Å². The van der Waals surface area contributed by atoms with Crippen LogP contribution in [0, 0.1) is 20.8 Å². The SMILES string of the molecule is Cc1cc(Nc2n[nH]c(N)n2)cc(C)c1C. The Morgan fingerprint density at radius 2 is 1.81 bits per heavy atom. The third-order valence-corrected chi connectivity index (χ3v) is 2.69. The summed E-state index contributed by atoms with van der Waals surface area (Å²) < 4.78 is 0. The first-order valence-corrected chi connectivity index (χ1v) is 5.09. The van der Waals surface area contributed by atoms with Gasteiger partial charge in [0.2, 0.25) is 11.9 Å². The normalized spacial score (nSPS) is 10.4. The number of hydrogen-bond acceptors (Lipinski definition) is 4. The third-order valence-electron chi connectivity index (χ3n) is 2.69. The van der Waals surface area contributed by atoms with Crippen LogP contribution in [-0.4, -0.2) is 15.2 Å². The van der Waals surface area contributed by atoms with Crippen molar-refractivity contribution in [3.63, 3.8) is 0 Å². The number of rotatable bonds is 2. The molecule has 0 spiro atoms. The van der Waals surface area contributed by atoms with Crippen LogP contribution in [0.15, 0.2) is 12.1 Å². The summed E-state index contributed by atoms with van der Waals surface area (Å²) in [7, 11) is 0. The first-order chi connectivity index (χ1) is 7.56. The second-order valence-electron chi connectivity index (χ2n) is 3.90. The van der Waals surface area contributed by atoms with Gasteiger partial charge in [0.05, 0.1) is 0 Å². The van der Waals surface area contributed by atoms with Crippen LogP contribution in [0.4, 0.5) is 17.6 Å². The summed E-state index contributed by atoms with van der Waals surface area (Å²) in [6.07, 6.45) is 0. The first kappa shape index (κ1) is 10.5. The molecule has 2 aromatic rings. The van der Waals surface area contributed by atoms with Crippen LogP contribution >= 0.6 is 0 Å². The number of aromatic amines is 1. The van der Waals surface area contributed by atoms with E-state index in [1.54, 1.807) is 0 Å². The Hall–Kier alpha value is -2.04. The lowest BCUT2D eigenvalue weighted by atomic mass is 10.0. The van der Waals surface area contributed by atoms with Gasteiger partial charge in [-0.3, -0.25) is 0 Å².